The van der Waals surface area contributed by atoms with Crippen molar-refractivity contribution >= 4 is 11.8 Å². The summed E-state index contributed by atoms with van der Waals surface area (Å²) in [5, 5.41) is 0. The van der Waals surface area contributed by atoms with Gasteiger partial charge >= 0.3 is 0 Å². The monoisotopic (exact) mass is 318 g/mol. The van der Waals surface area contributed by atoms with Crippen molar-refractivity contribution in [2.45, 2.75) is 64.7 Å². The quantitative estimate of drug-likeness (QED) is 0.724. The zero-order valence-electron chi connectivity index (χ0n) is 14.1. The molecule has 1 unspecified atom stereocenters. The SMILES string of the molecule is CCN(CCCC(C)(F)C(=O)N1CCCC1)C(=O)C(C)(C)F. The van der Waals surface area contributed by atoms with E-state index < -0.39 is 23.2 Å². The van der Waals surface area contributed by atoms with Crippen LogP contribution in [0.2, 0.25) is 0 Å². The molecule has 2 amide bonds. The Balaban J connectivity index is 2.50. The summed E-state index contributed by atoms with van der Waals surface area (Å²) in [4.78, 5) is 26.9. The van der Waals surface area contributed by atoms with E-state index in [1.54, 1.807) is 11.8 Å². The van der Waals surface area contributed by atoms with Gasteiger partial charge in [-0.25, -0.2) is 8.78 Å². The highest BCUT2D eigenvalue weighted by molar-refractivity contribution is 5.85. The fourth-order valence-electron chi connectivity index (χ4n) is 2.74. The van der Waals surface area contributed by atoms with E-state index in [1.807, 2.05) is 0 Å². The van der Waals surface area contributed by atoms with Crippen LogP contribution < -0.4 is 0 Å². The second-order valence-electron chi connectivity index (χ2n) is 6.66. The molecule has 1 heterocycles. The number of carbonyl (C=O) groups excluding carboxylic acids is 2. The van der Waals surface area contributed by atoms with Gasteiger partial charge in [0.15, 0.2) is 11.3 Å². The van der Waals surface area contributed by atoms with Crippen molar-refractivity contribution in [3.63, 3.8) is 0 Å². The average molecular weight is 318 g/mol. The summed E-state index contributed by atoms with van der Waals surface area (Å²) in [5.74, 6) is -1.06. The van der Waals surface area contributed by atoms with Gasteiger partial charge < -0.3 is 9.80 Å². The number of nitrogens with zero attached hydrogens (tertiary/aromatic N) is 2. The van der Waals surface area contributed by atoms with Gasteiger partial charge in [0.25, 0.3) is 11.8 Å². The second-order valence-corrected chi connectivity index (χ2v) is 6.66. The van der Waals surface area contributed by atoms with E-state index in [-0.39, 0.29) is 13.0 Å². The molecule has 0 radical (unpaired) electrons. The van der Waals surface area contributed by atoms with Gasteiger partial charge in [0.05, 0.1) is 0 Å². The Morgan fingerprint density at radius 3 is 2.14 bits per heavy atom. The van der Waals surface area contributed by atoms with Crippen LogP contribution in [0.3, 0.4) is 0 Å². The summed E-state index contributed by atoms with van der Waals surface area (Å²) < 4.78 is 28.2. The fraction of sp³-hybridized carbons (Fsp3) is 0.875. The molecule has 0 aromatic rings. The van der Waals surface area contributed by atoms with Crippen LogP contribution in [-0.4, -0.2) is 59.1 Å². The first-order valence-electron chi connectivity index (χ1n) is 8.06. The first-order chi connectivity index (χ1) is 10.1. The molecule has 6 heteroatoms. The Labute approximate surface area is 131 Å². The molecule has 0 saturated carbocycles. The van der Waals surface area contributed by atoms with Gasteiger partial charge in [0.2, 0.25) is 0 Å². The molecule has 1 rings (SSSR count). The van der Waals surface area contributed by atoms with Crippen molar-refractivity contribution in [2.24, 2.45) is 0 Å². The summed E-state index contributed by atoms with van der Waals surface area (Å²) in [6.07, 6.45) is 2.22. The molecule has 22 heavy (non-hydrogen) atoms. The molecule has 1 fully saturated rings. The van der Waals surface area contributed by atoms with Gasteiger partial charge in [-0.1, -0.05) is 0 Å². The van der Waals surface area contributed by atoms with Gasteiger partial charge in [-0.2, -0.15) is 0 Å². The third-order valence-electron chi connectivity index (χ3n) is 4.09. The number of hydrogen-bond donors (Lipinski definition) is 0. The highest BCUT2D eigenvalue weighted by Crippen LogP contribution is 2.24. The summed E-state index contributed by atoms with van der Waals surface area (Å²) in [6, 6.07) is 0. The predicted octanol–water partition coefficient (Wildman–Crippen LogP) is 2.71. The molecule has 0 aromatic carbocycles. The van der Waals surface area contributed by atoms with Gasteiger partial charge in [-0.3, -0.25) is 9.59 Å². The number of alkyl halides is 2. The Bertz CT molecular complexity index is 399. The van der Waals surface area contributed by atoms with Crippen LogP contribution in [-0.2, 0) is 9.59 Å². The summed E-state index contributed by atoms with van der Waals surface area (Å²) in [5.41, 5.74) is -3.85. The molecule has 0 aromatic heterocycles. The number of carbonyl (C=O) groups is 2. The van der Waals surface area contributed by atoms with Crippen molar-refractivity contribution in [1.82, 2.24) is 9.80 Å². The standard InChI is InChI=1S/C16H28F2N2O2/c1-5-19(13(21)15(2,3)17)12-8-9-16(4,18)14(22)20-10-6-7-11-20/h5-12H2,1-4H3. The van der Waals surface area contributed by atoms with E-state index >= 15 is 0 Å². The number of likely N-dealkylation sites (tertiary alicyclic amines) is 1. The maximum Gasteiger partial charge on any atom is 0.259 e. The number of hydrogen-bond acceptors (Lipinski definition) is 2. The Morgan fingerprint density at radius 1 is 1.14 bits per heavy atom. The molecule has 1 aliphatic heterocycles. The van der Waals surface area contributed by atoms with Gasteiger partial charge in [0.1, 0.15) is 0 Å². The lowest BCUT2D eigenvalue weighted by atomic mass is 10.00. The van der Waals surface area contributed by atoms with Crippen LogP contribution in [0, 0.1) is 0 Å². The summed E-state index contributed by atoms with van der Waals surface area (Å²) in [7, 11) is 0. The van der Waals surface area contributed by atoms with Crippen molar-refractivity contribution in [2.75, 3.05) is 26.2 Å². The summed E-state index contributed by atoms with van der Waals surface area (Å²) >= 11 is 0. The lowest BCUT2D eigenvalue weighted by Crippen LogP contribution is -2.45. The van der Waals surface area contributed by atoms with Crippen LogP contribution in [0.25, 0.3) is 0 Å². The fourth-order valence-corrected chi connectivity index (χ4v) is 2.74. The Hall–Kier alpha value is -1.20. The van der Waals surface area contributed by atoms with E-state index in [0.29, 0.717) is 26.1 Å². The van der Waals surface area contributed by atoms with E-state index in [2.05, 4.69) is 0 Å². The van der Waals surface area contributed by atoms with Crippen LogP contribution in [0.1, 0.15) is 53.4 Å². The molecule has 0 N–H and O–H groups in total. The zero-order chi connectivity index (χ0) is 17.0. The molecular formula is C16H28F2N2O2. The molecule has 128 valence electrons. The topological polar surface area (TPSA) is 40.6 Å². The third kappa shape index (κ3) is 4.92. The van der Waals surface area contributed by atoms with Crippen LogP contribution >= 0.6 is 0 Å². The van der Waals surface area contributed by atoms with Gasteiger partial charge in [-0.15, -0.1) is 0 Å². The number of rotatable bonds is 7. The average Bonchev–Trinajstić information content (AvgIpc) is 2.95. The lowest BCUT2D eigenvalue weighted by molar-refractivity contribution is -0.143. The molecule has 0 bridgehead atoms. The predicted molar refractivity (Wildman–Crippen MR) is 82.0 cm³/mol. The molecular weight excluding hydrogens is 290 g/mol. The maximum absolute atomic E-state index is 14.6. The molecule has 0 aliphatic carbocycles. The highest BCUT2D eigenvalue weighted by Gasteiger charge is 2.38. The minimum absolute atomic E-state index is 0.0405. The van der Waals surface area contributed by atoms with Crippen LogP contribution in [0.4, 0.5) is 8.78 Å². The van der Waals surface area contributed by atoms with Crippen molar-refractivity contribution < 1.29 is 18.4 Å². The van der Waals surface area contributed by atoms with Gasteiger partial charge in [0, 0.05) is 26.2 Å². The Morgan fingerprint density at radius 2 is 1.68 bits per heavy atom. The van der Waals surface area contributed by atoms with Crippen LogP contribution in [0.5, 0.6) is 0 Å². The van der Waals surface area contributed by atoms with Crippen molar-refractivity contribution in [3.8, 4) is 0 Å². The third-order valence-corrected chi connectivity index (χ3v) is 4.09. The molecule has 1 aliphatic rings. The zero-order valence-corrected chi connectivity index (χ0v) is 14.1. The van der Waals surface area contributed by atoms with E-state index in [0.717, 1.165) is 12.8 Å². The summed E-state index contributed by atoms with van der Waals surface area (Å²) in [6.45, 7) is 7.35. The number of halogens is 2. The molecule has 1 atom stereocenters. The smallest absolute Gasteiger partial charge is 0.259 e. The first kappa shape index (κ1) is 18.8. The normalized spacial score (nSPS) is 18.2. The lowest BCUT2D eigenvalue weighted by Gasteiger charge is -2.29. The second kappa shape index (κ2) is 7.38. The first-order valence-corrected chi connectivity index (χ1v) is 8.06. The molecule has 1 saturated heterocycles. The minimum atomic E-state index is -1.93. The largest absolute Gasteiger partial charge is 0.340 e. The number of amides is 2. The van der Waals surface area contributed by atoms with E-state index in [1.165, 1.54) is 25.7 Å². The maximum atomic E-state index is 14.6. The van der Waals surface area contributed by atoms with Crippen LogP contribution in [0.15, 0.2) is 0 Å². The Kier molecular flexibility index (Phi) is 6.32. The van der Waals surface area contributed by atoms with E-state index in [9.17, 15) is 18.4 Å². The molecule has 0 spiro atoms. The minimum Gasteiger partial charge on any atom is -0.340 e. The van der Waals surface area contributed by atoms with Gasteiger partial charge in [-0.05, 0) is 53.4 Å². The highest BCUT2D eigenvalue weighted by atomic mass is 19.1. The van der Waals surface area contributed by atoms with Crippen molar-refractivity contribution in [3.05, 3.63) is 0 Å². The van der Waals surface area contributed by atoms with E-state index in [4.69, 9.17) is 0 Å². The van der Waals surface area contributed by atoms with Crippen molar-refractivity contribution in [1.29, 1.82) is 0 Å². The molecule has 4 nitrogen and oxygen atoms in total.